The summed E-state index contributed by atoms with van der Waals surface area (Å²) in [5.41, 5.74) is 3.05. The normalized spacial score (nSPS) is 21.9. The third-order valence-electron chi connectivity index (χ3n) is 4.46. The van der Waals surface area contributed by atoms with Gasteiger partial charge in [-0.25, -0.2) is 0 Å². The second kappa shape index (κ2) is 3.59. The lowest BCUT2D eigenvalue weighted by atomic mass is 9.78. The maximum atomic E-state index is 12.2. The maximum absolute atomic E-state index is 12.2. The molecule has 1 saturated carbocycles. The minimum absolute atomic E-state index is 0.101. The number of hydrogen-bond acceptors (Lipinski definition) is 2. The highest BCUT2D eigenvalue weighted by Crippen LogP contribution is 2.45. The number of nitrogens with one attached hydrogen (secondary N) is 1. The van der Waals surface area contributed by atoms with E-state index in [0.29, 0.717) is 11.1 Å². The van der Waals surface area contributed by atoms with Gasteiger partial charge in [0.25, 0.3) is 5.91 Å². The van der Waals surface area contributed by atoms with Gasteiger partial charge in [0.05, 0.1) is 0 Å². The van der Waals surface area contributed by atoms with E-state index in [9.17, 15) is 4.79 Å². The zero-order valence-electron chi connectivity index (χ0n) is 10.5. The lowest BCUT2D eigenvalue weighted by Gasteiger charge is -2.48. The minimum atomic E-state index is 0.101. The summed E-state index contributed by atoms with van der Waals surface area (Å²) in [7, 11) is 0. The van der Waals surface area contributed by atoms with Crippen molar-refractivity contribution >= 4 is 5.91 Å². The van der Waals surface area contributed by atoms with Gasteiger partial charge in [0.2, 0.25) is 0 Å². The van der Waals surface area contributed by atoms with Crippen molar-refractivity contribution in [2.45, 2.75) is 39.5 Å². The van der Waals surface area contributed by atoms with E-state index in [1.54, 1.807) is 0 Å². The molecule has 3 rings (SSSR count). The van der Waals surface area contributed by atoms with Crippen LogP contribution in [0.3, 0.4) is 0 Å². The summed E-state index contributed by atoms with van der Waals surface area (Å²) in [6.07, 6.45) is 5.27. The first-order valence-corrected chi connectivity index (χ1v) is 6.42. The number of hydrogen-bond donors (Lipinski definition) is 1. The predicted molar refractivity (Wildman–Crippen MR) is 64.9 cm³/mol. The highest BCUT2D eigenvalue weighted by atomic mass is 16.2. The minimum Gasteiger partial charge on any atom is -0.336 e. The summed E-state index contributed by atoms with van der Waals surface area (Å²) in [4.78, 5) is 14.2. The highest BCUT2D eigenvalue weighted by Gasteiger charge is 2.47. The molecule has 0 atom stereocenters. The fraction of sp³-hybridized carbons (Fsp3) is 0.692. The Kier molecular flexibility index (Phi) is 2.28. The van der Waals surface area contributed by atoms with Crippen LogP contribution in [0.25, 0.3) is 0 Å². The fourth-order valence-corrected chi connectivity index (χ4v) is 3.19. The third-order valence-corrected chi connectivity index (χ3v) is 4.46. The fourth-order valence-electron chi connectivity index (χ4n) is 3.19. The summed E-state index contributed by atoms with van der Waals surface area (Å²) in [6.45, 7) is 5.79. The van der Waals surface area contributed by atoms with Gasteiger partial charge in [-0.05, 0) is 26.7 Å². The molecule has 1 N–H and O–H groups in total. The molecule has 4 nitrogen and oxygen atoms in total. The second-order valence-electron chi connectivity index (χ2n) is 5.69. The lowest BCUT2D eigenvalue weighted by molar-refractivity contribution is 0.00879. The first kappa shape index (κ1) is 10.8. The van der Waals surface area contributed by atoms with Crippen molar-refractivity contribution in [1.82, 2.24) is 15.1 Å². The van der Waals surface area contributed by atoms with Crippen LogP contribution in [-0.2, 0) is 0 Å². The molecule has 4 heteroatoms. The van der Waals surface area contributed by atoms with Crippen molar-refractivity contribution < 1.29 is 4.79 Å². The molecule has 1 aliphatic heterocycles. The average Bonchev–Trinajstić information content (AvgIpc) is 2.85. The van der Waals surface area contributed by atoms with E-state index in [0.717, 1.165) is 24.3 Å². The molecule has 1 amide bonds. The van der Waals surface area contributed by atoms with E-state index < -0.39 is 0 Å². The van der Waals surface area contributed by atoms with Gasteiger partial charge < -0.3 is 4.90 Å². The zero-order valence-corrected chi connectivity index (χ0v) is 10.5. The van der Waals surface area contributed by atoms with Crippen LogP contribution in [0.5, 0.6) is 0 Å². The van der Waals surface area contributed by atoms with Crippen molar-refractivity contribution in [3.05, 3.63) is 17.0 Å². The molecule has 2 fully saturated rings. The molecule has 2 aliphatic rings. The van der Waals surface area contributed by atoms with Crippen LogP contribution in [0.2, 0.25) is 0 Å². The summed E-state index contributed by atoms with van der Waals surface area (Å²) in [5.74, 6) is 0.101. The SMILES string of the molecule is Cc1[nH]nc(C(=O)N2CC3(CCCC3)C2)c1C. The Morgan fingerprint density at radius 2 is 1.94 bits per heavy atom. The number of rotatable bonds is 1. The Hall–Kier alpha value is -1.32. The Balaban J connectivity index is 1.71. The van der Waals surface area contributed by atoms with E-state index in [-0.39, 0.29) is 5.91 Å². The number of carbonyl (C=O) groups excluding carboxylic acids is 1. The molecule has 0 radical (unpaired) electrons. The van der Waals surface area contributed by atoms with Gasteiger partial charge >= 0.3 is 0 Å². The quantitative estimate of drug-likeness (QED) is 0.807. The Morgan fingerprint density at radius 3 is 2.47 bits per heavy atom. The van der Waals surface area contributed by atoms with Crippen molar-refractivity contribution in [2.24, 2.45) is 5.41 Å². The summed E-state index contributed by atoms with van der Waals surface area (Å²) in [6, 6.07) is 0. The van der Waals surface area contributed by atoms with Crippen LogP contribution in [-0.4, -0.2) is 34.1 Å². The van der Waals surface area contributed by atoms with Crippen LogP contribution in [0.15, 0.2) is 0 Å². The van der Waals surface area contributed by atoms with Crippen LogP contribution >= 0.6 is 0 Å². The molecule has 2 heterocycles. The largest absolute Gasteiger partial charge is 0.336 e. The van der Waals surface area contributed by atoms with Gasteiger partial charge in [-0.2, -0.15) is 5.10 Å². The number of amides is 1. The number of likely N-dealkylation sites (tertiary alicyclic amines) is 1. The molecule has 1 saturated heterocycles. The smallest absolute Gasteiger partial charge is 0.274 e. The first-order chi connectivity index (χ1) is 8.11. The molecule has 1 aliphatic carbocycles. The Bertz CT molecular complexity index is 449. The van der Waals surface area contributed by atoms with Gasteiger partial charge in [0.1, 0.15) is 0 Å². The molecule has 1 aromatic heterocycles. The van der Waals surface area contributed by atoms with Gasteiger partial charge in [-0.1, -0.05) is 12.8 Å². The molecule has 17 heavy (non-hydrogen) atoms. The van der Waals surface area contributed by atoms with E-state index in [2.05, 4.69) is 10.2 Å². The van der Waals surface area contributed by atoms with E-state index in [1.165, 1.54) is 25.7 Å². The molecule has 1 spiro atoms. The van der Waals surface area contributed by atoms with Crippen LogP contribution < -0.4 is 0 Å². The molecule has 92 valence electrons. The summed E-state index contributed by atoms with van der Waals surface area (Å²) < 4.78 is 0. The Labute approximate surface area is 101 Å². The first-order valence-electron chi connectivity index (χ1n) is 6.42. The molecule has 1 aromatic rings. The van der Waals surface area contributed by atoms with Gasteiger partial charge in [-0.3, -0.25) is 9.89 Å². The highest BCUT2D eigenvalue weighted by molar-refractivity contribution is 5.94. The number of aromatic nitrogens is 2. The van der Waals surface area contributed by atoms with Crippen molar-refractivity contribution in [3.8, 4) is 0 Å². The van der Waals surface area contributed by atoms with Gasteiger partial charge in [0.15, 0.2) is 5.69 Å². The standard InChI is InChI=1S/C13H19N3O/c1-9-10(2)14-15-11(9)12(17)16-7-13(8-16)5-3-4-6-13/h3-8H2,1-2H3,(H,14,15). The Morgan fingerprint density at radius 1 is 1.29 bits per heavy atom. The van der Waals surface area contributed by atoms with Crippen LogP contribution in [0, 0.1) is 19.3 Å². The maximum Gasteiger partial charge on any atom is 0.274 e. The number of H-pyrrole nitrogens is 1. The molecule has 0 unspecified atom stereocenters. The average molecular weight is 233 g/mol. The van der Waals surface area contributed by atoms with E-state index in [4.69, 9.17) is 0 Å². The molecule has 0 aromatic carbocycles. The van der Waals surface area contributed by atoms with Crippen molar-refractivity contribution in [2.75, 3.05) is 13.1 Å². The monoisotopic (exact) mass is 233 g/mol. The summed E-state index contributed by atoms with van der Waals surface area (Å²) in [5, 5.41) is 7.00. The number of aromatic amines is 1. The number of aryl methyl sites for hydroxylation is 1. The third kappa shape index (κ3) is 1.58. The molecular formula is C13H19N3O. The van der Waals surface area contributed by atoms with E-state index >= 15 is 0 Å². The second-order valence-corrected chi connectivity index (χ2v) is 5.69. The molecule has 0 bridgehead atoms. The van der Waals surface area contributed by atoms with Crippen molar-refractivity contribution in [1.29, 1.82) is 0 Å². The predicted octanol–water partition coefficient (Wildman–Crippen LogP) is 2.04. The zero-order chi connectivity index (χ0) is 12.0. The van der Waals surface area contributed by atoms with Gasteiger partial charge in [0, 0.05) is 29.8 Å². The molecular weight excluding hydrogens is 214 g/mol. The van der Waals surface area contributed by atoms with Gasteiger partial charge in [-0.15, -0.1) is 0 Å². The van der Waals surface area contributed by atoms with Crippen molar-refractivity contribution in [3.63, 3.8) is 0 Å². The van der Waals surface area contributed by atoms with Crippen LogP contribution in [0.4, 0.5) is 0 Å². The topological polar surface area (TPSA) is 49.0 Å². The number of carbonyl (C=O) groups is 1. The summed E-state index contributed by atoms with van der Waals surface area (Å²) >= 11 is 0. The lowest BCUT2D eigenvalue weighted by Crippen LogP contribution is -2.57. The number of nitrogens with zero attached hydrogens (tertiary/aromatic N) is 2. The van der Waals surface area contributed by atoms with Crippen LogP contribution in [0.1, 0.15) is 47.4 Å². The van der Waals surface area contributed by atoms with E-state index in [1.807, 2.05) is 18.7 Å².